The van der Waals surface area contributed by atoms with Crippen LogP contribution < -0.4 is 0 Å². The minimum Gasteiger partial charge on any atom is -0.396 e. The third-order valence-corrected chi connectivity index (χ3v) is 5.10. The summed E-state index contributed by atoms with van der Waals surface area (Å²) in [5, 5.41) is 18.3. The van der Waals surface area contributed by atoms with Gasteiger partial charge in [0, 0.05) is 31.7 Å². The summed E-state index contributed by atoms with van der Waals surface area (Å²) in [6.45, 7) is 7.71. The first kappa shape index (κ1) is 17.9. The van der Waals surface area contributed by atoms with Gasteiger partial charge in [-0.05, 0) is 46.5 Å². The molecule has 1 N–H and O–H groups in total. The Labute approximate surface area is 148 Å². The Hall–Kier alpha value is -1.89. The Balaban J connectivity index is 1.71. The minimum atomic E-state index is 0.141. The van der Waals surface area contributed by atoms with Crippen molar-refractivity contribution in [1.82, 2.24) is 24.5 Å². The van der Waals surface area contributed by atoms with Crippen LogP contribution in [0.3, 0.4) is 0 Å². The molecule has 1 saturated heterocycles. The van der Waals surface area contributed by atoms with E-state index in [9.17, 15) is 9.90 Å². The summed E-state index contributed by atoms with van der Waals surface area (Å²) in [4.78, 5) is 14.7. The van der Waals surface area contributed by atoms with Gasteiger partial charge >= 0.3 is 0 Å². The molecule has 2 aromatic rings. The number of likely N-dealkylation sites (tertiary alicyclic amines) is 1. The second-order valence-electron chi connectivity index (χ2n) is 7.22. The summed E-state index contributed by atoms with van der Waals surface area (Å²) in [5.74, 6) is 0.163. The maximum absolute atomic E-state index is 12.7. The first-order chi connectivity index (χ1) is 12.0. The second kappa shape index (κ2) is 7.56. The molecule has 25 heavy (non-hydrogen) atoms. The number of piperidine rings is 1. The van der Waals surface area contributed by atoms with E-state index >= 15 is 0 Å². The lowest BCUT2D eigenvalue weighted by Gasteiger charge is -2.35. The molecular weight excluding hydrogens is 318 g/mol. The van der Waals surface area contributed by atoms with Crippen molar-refractivity contribution >= 4 is 16.9 Å². The number of rotatable bonds is 6. The number of hydrogen-bond donors (Lipinski definition) is 1. The van der Waals surface area contributed by atoms with Gasteiger partial charge in [-0.15, -0.1) is 0 Å². The molecule has 138 valence electrons. The standard InChI is InChI=1S/C18H29N5O2/c1-13(2)23-16-12-19-22(18(16)14(3)20-23)10-7-17(25)21-9-5-4-6-15(21)8-11-24/h12-13,15,24H,4-11H2,1-3H3. The number of carbonyl (C=O) groups is 1. The molecule has 1 aliphatic rings. The van der Waals surface area contributed by atoms with Gasteiger partial charge in [0.25, 0.3) is 0 Å². The minimum absolute atomic E-state index is 0.141. The first-order valence-corrected chi connectivity index (χ1v) is 9.34. The van der Waals surface area contributed by atoms with E-state index in [0.29, 0.717) is 19.4 Å². The molecule has 0 aliphatic carbocycles. The van der Waals surface area contributed by atoms with E-state index in [2.05, 4.69) is 24.0 Å². The smallest absolute Gasteiger partial charge is 0.224 e. The molecule has 0 spiro atoms. The van der Waals surface area contributed by atoms with E-state index in [1.807, 2.05) is 27.4 Å². The normalized spacial score (nSPS) is 18.4. The molecule has 3 heterocycles. The molecule has 3 rings (SSSR count). The predicted molar refractivity (Wildman–Crippen MR) is 96.3 cm³/mol. The number of aliphatic hydroxyl groups excluding tert-OH is 1. The van der Waals surface area contributed by atoms with Crippen LogP contribution in [0, 0.1) is 6.92 Å². The summed E-state index contributed by atoms with van der Waals surface area (Å²) in [6.07, 6.45) is 6.15. The van der Waals surface area contributed by atoms with Crippen LogP contribution in [0.4, 0.5) is 0 Å². The average molecular weight is 347 g/mol. The van der Waals surface area contributed by atoms with Crippen LogP contribution in [0.2, 0.25) is 0 Å². The molecule has 1 aliphatic heterocycles. The number of amides is 1. The number of aromatic nitrogens is 4. The van der Waals surface area contributed by atoms with Gasteiger partial charge < -0.3 is 10.0 Å². The molecule has 0 aromatic carbocycles. The van der Waals surface area contributed by atoms with Gasteiger partial charge in [0.15, 0.2) is 0 Å². The van der Waals surface area contributed by atoms with Crippen molar-refractivity contribution in [3.63, 3.8) is 0 Å². The molecule has 1 amide bonds. The van der Waals surface area contributed by atoms with E-state index in [0.717, 1.165) is 42.5 Å². The first-order valence-electron chi connectivity index (χ1n) is 9.34. The van der Waals surface area contributed by atoms with Crippen LogP contribution >= 0.6 is 0 Å². The molecule has 1 unspecified atom stereocenters. The Morgan fingerprint density at radius 1 is 1.40 bits per heavy atom. The third kappa shape index (κ3) is 3.56. The average Bonchev–Trinajstić information content (AvgIpc) is 3.15. The maximum Gasteiger partial charge on any atom is 0.224 e. The van der Waals surface area contributed by atoms with Crippen LogP contribution in [0.15, 0.2) is 6.20 Å². The number of aliphatic hydroxyl groups is 1. The Morgan fingerprint density at radius 3 is 2.92 bits per heavy atom. The zero-order valence-corrected chi connectivity index (χ0v) is 15.5. The Morgan fingerprint density at radius 2 is 2.20 bits per heavy atom. The van der Waals surface area contributed by atoms with E-state index in [1.165, 1.54) is 0 Å². The van der Waals surface area contributed by atoms with Gasteiger partial charge in [0.2, 0.25) is 5.91 Å². The number of hydrogen-bond acceptors (Lipinski definition) is 4. The van der Waals surface area contributed by atoms with Crippen LogP contribution in [0.25, 0.3) is 11.0 Å². The summed E-state index contributed by atoms with van der Waals surface area (Å²) in [6, 6.07) is 0.470. The Kier molecular flexibility index (Phi) is 5.42. The molecule has 0 bridgehead atoms. The fourth-order valence-electron chi connectivity index (χ4n) is 3.86. The summed E-state index contributed by atoms with van der Waals surface area (Å²) >= 11 is 0. The van der Waals surface area contributed by atoms with Crippen LogP contribution in [0.5, 0.6) is 0 Å². The van der Waals surface area contributed by atoms with E-state index in [1.54, 1.807) is 0 Å². The number of carbonyl (C=O) groups excluding carboxylic acids is 1. The molecule has 1 fully saturated rings. The zero-order chi connectivity index (χ0) is 18.0. The Bertz CT molecular complexity index is 731. The zero-order valence-electron chi connectivity index (χ0n) is 15.5. The highest BCUT2D eigenvalue weighted by Crippen LogP contribution is 2.23. The quantitative estimate of drug-likeness (QED) is 0.870. The van der Waals surface area contributed by atoms with Crippen molar-refractivity contribution in [1.29, 1.82) is 0 Å². The number of nitrogens with zero attached hydrogens (tertiary/aromatic N) is 5. The molecule has 1 atom stereocenters. The lowest BCUT2D eigenvalue weighted by Crippen LogP contribution is -2.44. The molecule has 0 radical (unpaired) electrons. The second-order valence-corrected chi connectivity index (χ2v) is 7.22. The van der Waals surface area contributed by atoms with Crippen molar-refractivity contribution < 1.29 is 9.90 Å². The van der Waals surface area contributed by atoms with Gasteiger partial charge in [-0.25, -0.2) is 0 Å². The van der Waals surface area contributed by atoms with E-state index < -0.39 is 0 Å². The fourth-order valence-corrected chi connectivity index (χ4v) is 3.86. The van der Waals surface area contributed by atoms with Crippen molar-refractivity contribution in [3.8, 4) is 0 Å². The fraction of sp³-hybridized carbons (Fsp3) is 0.722. The van der Waals surface area contributed by atoms with Crippen molar-refractivity contribution in [2.75, 3.05) is 13.2 Å². The van der Waals surface area contributed by atoms with Crippen molar-refractivity contribution in [2.45, 2.75) is 71.5 Å². The van der Waals surface area contributed by atoms with Gasteiger partial charge in [-0.2, -0.15) is 10.2 Å². The molecule has 2 aromatic heterocycles. The molecule has 0 saturated carbocycles. The molecule has 7 heteroatoms. The highest BCUT2D eigenvalue weighted by Gasteiger charge is 2.26. The van der Waals surface area contributed by atoms with Crippen LogP contribution in [-0.4, -0.2) is 54.7 Å². The van der Waals surface area contributed by atoms with Crippen molar-refractivity contribution in [3.05, 3.63) is 11.9 Å². The van der Waals surface area contributed by atoms with Gasteiger partial charge in [0.1, 0.15) is 11.0 Å². The number of aryl methyl sites for hydroxylation is 2. The van der Waals surface area contributed by atoms with Crippen LogP contribution in [0.1, 0.15) is 57.7 Å². The van der Waals surface area contributed by atoms with Crippen LogP contribution in [-0.2, 0) is 11.3 Å². The lowest BCUT2D eigenvalue weighted by molar-refractivity contribution is -0.135. The maximum atomic E-state index is 12.7. The largest absolute Gasteiger partial charge is 0.396 e. The molecule has 7 nitrogen and oxygen atoms in total. The highest BCUT2D eigenvalue weighted by molar-refractivity contribution is 5.79. The highest BCUT2D eigenvalue weighted by atomic mass is 16.3. The number of fused-ring (bicyclic) bond motifs is 1. The van der Waals surface area contributed by atoms with Gasteiger partial charge in [-0.1, -0.05) is 0 Å². The van der Waals surface area contributed by atoms with Crippen molar-refractivity contribution in [2.24, 2.45) is 0 Å². The molecular formula is C18H29N5O2. The van der Waals surface area contributed by atoms with Gasteiger partial charge in [0.05, 0.1) is 18.4 Å². The van der Waals surface area contributed by atoms with Gasteiger partial charge in [-0.3, -0.25) is 14.2 Å². The lowest BCUT2D eigenvalue weighted by atomic mass is 9.99. The summed E-state index contributed by atoms with van der Waals surface area (Å²) in [7, 11) is 0. The van der Waals surface area contributed by atoms with E-state index in [4.69, 9.17) is 0 Å². The predicted octanol–water partition coefficient (Wildman–Crippen LogP) is 2.28. The third-order valence-electron chi connectivity index (χ3n) is 5.10. The monoisotopic (exact) mass is 347 g/mol. The SMILES string of the molecule is Cc1nn(C(C)C)c2cnn(CCC(=O)N3CCCCC3CCO)c12. The van der Waals surface area contributed by atoms with E-state index in [-0.39, 0.29) is 24.6 Å². The summed E-state index contributed by atoms with van der Waals surface area (Å²) in [5.41, 5.74) is 2.99. The summed E-state index contributed by atoms with van der Waals surface area (Å²) < 4.78 is 3.89. The topological polar surface area (TPSA) is 76.2 Å².